The summed E-state index contributed by atoms with van der Waals surface area (Å²) in [6.07, 6.45) is 11.3. The Balaban J connectivity index is 2.34. The molecule has 0 saturated carbocycles. The number of allylic oxidation sites excluding steroid dienone is 4. The molecule has 2 nitrogen and oxygen atoms in total. The van der Waals surface area contributed by atoms with Gasteiger partial charge in [-0.05, 0) is 47.7 Å². The molecule has 0 fully saturated rings. The van der Waals surface area contributed by atoms with Crippen LogP contribution in [0.4, 0.5) is 0 Å². The van der Waals surface area contributed by atoms with Crippen molar-refractivity contribution in [3.8, 4) is 0 Å². The van der Waals surface area contributed by atoms with Gasteiger partial charge in [0, 0.05) is 6.61 Å². The van der Waals surface area contributed by atoms with Gasteiger partial charge in [0.2, 0.25) is 0 Å². The standard InChI is InChI=1S/C32H53O2Si2/c1-25(2)19-20-30(28-17-13-15-26(21-28)23-33-35(9,10)31(3,4)5)29-18-14-16-27(22-29)24-34-36(11,12)32(6,7)8/h13-18,21-22,25H,19-20,23-24H2,1-12H3/q-1/b30-28+. The minimum atomic E-state index is -1.79. The predicted octanol–water partition coefficient (Wildman–Crippen LogP) is 10.1. The number of rotatable bonds is 10. The first kappa shape index (κ1) is 30.9. The van der Waals surface area contributed by atoms with E-state index in [2.05, 4.69) is 130 Å². The van der Waals surface area contributed by atoms with Crippen LogP contribution in [0.2, 0.25) is 36.3 Å². The summed E-state index contributed by atoms with van der Waals surface area (Å²) in [5.41, 5.74) is 6.57. The lowest BCUT2D eigenvalue weighted by molar-refractivity contribution is 0.276. The van der Waals surface area contributed by atoms with Gasteiger partial charge >= 0.3 is 0 Å². The third-order valence-corrected chi connectivity index (χ3v) is 17.3. The molecule has 0 heterocycles. The summed E-state index contributed by atoms with van der Waals surface area (Å²) in [5.74, 6) is 0.662. The molecule has 0 N–H and O–H groups in total. The van der Waals surface area contributed by atoms with E-state index in [0.29, 0.717) is 19.1 Å². The van der Waals surface area contributed by atoms with Crippen molar-refractivity contribution in [2.45, 2.75) is 111 Å². The first-order valence-electron chi connectivity index (χ1n) is 13.8. The normalized spacial score (nSPS) is 16.8. The van der Waals surface area contributed by atoms with Gasteiger partial charge in [-0.3, -0.25) is 0 Å². The smallest absolute Gasteiger partial charge is 0.192 e. The van der Waals surface area contributed by atoms with Gasteiger partial charge < -0.3 is 8.85 Å². The van der Waals surface area contributed by atoms with E-state index in [4.69, 9.17) is 8.85 Å². The molecule has 0 bridgehead atoms. The van der Waals surface area contributed by atoms with Gasteiger partial charge in [-0.15, -0.1) is 41.4 Å². The van der Waals surface area contributed by atoms with Gasteiger partial charge in [0.1, 0.15) is 0 Å². The van der Waals surface area contributed by atoms with Crippen molar-refractivity contribution in [2.75, 3.05) is 6.61 Å². The monoisotopic (exact) mass is 525 g/mol. The second kappa shape index (κ2) is 12.0. The van der Waals surface area contributed by atoms with E-state index in [1.54, 1.807) is 0 Å². The highest BCUT2D eigenvalue weighted by Gasteiger charge is 2.37. The molecule has 0 radical (unpaired) electrons. The topological polar surface area (TPSA) is 18.5 Å². The van der Waals surface area contributed by atoms with Crippen LogP contribution in [0.15, 0.2) is 53.6 Å². The molecular weight excluding hydrogens is 473 g/mol. The van der Waals surface area contributed by atoms with Crippen molar-refractivity contribution >= 4 is 22.2 Å². The molecule has 1 aromatic carbocycles. The third-order valence-electron chi connectivity index (χ3n) is 8.33. The lowest BCUT2D eigenvalue weighted by Crippen LogP contribution is -2.41. The Kier molecular flexibility index (Phi) is 10.3. The van der Waals surface area contributed by atoms with Crippen molar-refractivity contribution in [1.82, 2.24) is 0 Å². The maximum atomic E-state index is 6.55. The van der Waals surface area contributed by atoms with Crippen molar-refractivity contribution in [3.05, 3.63) is 71.2 Å². The van der Waals surface area contributed by atoms with Crippen LogP contribution in [0.1, 0.15) is 79.4 Å². The van der Waals surface area contributed by atoms with E-state index >= 15 is 0 Å². The summed E-state index contributed by atoms with van der Waals surface area (Å²) < 4.78 is 13.1. The summed E-state index contributed by atoms with van der Waals surface area (Å²) in [6, 6.07) is 9.02. The lowest BCUT2D eigenvalue weighted by atomic mass is 9.88. The maximum Gasteiger partial charge on any atom is 0.192 e. The Morgan fingerprint density at radius 2 is 1.47 bits per heavy atom. The second-order valence-electron chi connectivity index (χ2n) is 13.9. The lowest BCUT2D eigenvalue weighted by Gasteiger charge is -2.37. The molecule has 0 amide bonds. The molecule has 0 spiro atoms. The zero-order valence-corrected chi connectivity index (χ0v) is 27.3. The Bertz CT molecular complexity index is 967. The van der Waals surface area contributed by atoms with Crippen molar-refractivity contribution < 1.29 is 8.85 Å². The highest BCUT2D eigenvalue weighted by atomic mass is 28.4. The molecule has 36 heavy (non-hydrogen) atoms. The summed E-state index contributed by atoms with van der Waals surface area (Å²) in [6.45, 7) is 29.1. The van der Waals surface area contributed by atoms with Crippen molar-refractivity contribution in [3.63, 3.8) is 0 Å². The average Bonchev–Trinajstić information content (AvgIpc) is 2.75. The van der Waals surface area contributed by atoms with Crippen LogP contribution in [0, 0.1) is 12.3 Å². The minimum absolute atomic E-state index is 0.214. The first-order chi connectivity index (χ1) is 16.4. The fourth-order valence-electron chi connectivity index (χ4n) is 3.55. The molecule has 1 aliphatic carbocycles. The fraction of sp³-hybridized carbons (Fsp3) is 0.594. The van der Waals surface area contributed by atoms with Crippen LogP contribution < -0.4 is 0 Å². The summed E-state index contributed by atoms with van der Waals surface area (Å²) >= 11 is 0. The molecule has 0 saturated heterocycles. The molecule has 4 heteroatoms. The predicted molar refractivity (Wildman–Crippen MR) is 164 cm³/mol. The van der Waals surface area contributed by atoms with E-state index in [0.717, 1.165) is 6.42 Å². The fourth-order valence-corrected chi connectivity index (χ4v) is 5.47. The van der Waals surface area contributed by atoms with Gasteiger partial charge in [-0.1, -0.05) is 98.1 Å². The van der Waals surface area contributed by atoms with Crippen molar-refractivity contribution in [1.29, 1.82) is 0 Å². The zero-order valence-electron chi connectivity index (χ0n) is 25.3. The van der Waals surface area contributed by atoms with Crippen LogP contribution in [0.3, 0.4) is 0 Å². The van der Waals surface area contributed by atoms with Gasteiger partial charge in [0.15, 0.2) is 16.6 Å². The molecular formula is C32H53O2Si2-. The largest absolute Gasteiger partial charge is 0.414 e. The van der Waals surface area contributed by atoms with Crippen LogP contribution in [-0.4, -0.2) is 23.2 Å². The highest BCUT2D eigenvalue weighted by molar-refractivity contribution is 6.74. The van der Waals surface area contributed by atoms with Gasteiger partial charge in [-0.2, -0.15) is 0 Å². The Morgan fingerprint density at radius 3 is 2.03 bits per heavy atom. The van der Waals surface area contributed by atoms with E-state index in [9.17, 15) is 0 Å². The van der Waals surface area contributed by atoms with E-state index in [1.165, 1.54) is 34.3 Å². The second-order valence-corrected chi connectivity index (χ2v) is 23.5. The molecule has 0 unspecified atom stereocenters. The molecule has 0 aromatic heterocycles. The first-order valence-corrected chi connectivity index (χ1v) is 19.6. The third kappa shape index (κ3) is 8.61. The van der Waals surface area contributed by atoms with Crippen LogP contribution in [-0.2, 0) is 15.5 Å². The number of hydrogen-bond donors (Lipinski definition) is 0. The molecule has 0 atom stereocenters. The number of benzene rings is 1. The van der Waals surface area contributed by atoms with E-state index in [-0.39, 0.29) is 10.1 Å². The van der Waals surface area contributed by atoms with Crippen LogP contribution in [0.5, 0.6) is 0 Å². The molecule has 0 aliphatic heterocycles. The molecule has 202 valence electrons. The van der Waals surface area contributed by atoms with Gasteiger partial charge in [-0.25, -0.2) is 0 Å². The molecule has 1 aromatic rings. The SMILES string of the molecule is CC(C)CC/C(=C1\C=C(CO[Si](C)(C)C(C)(C)C)C=C[CH-]1)c1cccc(CO[Si](C)(C)C(C)(C)C)c1. The Hall–Kier alpha value is -1.34. The minimum Gasteiger partial charge on any atom is -0.414 e. The van der Waals surface area contributed by atoms with Crippen molar-refractivity contribution in [2.24, 2.45) is 5.92 Å². The summed E-state index contributed by atoms with van der Waals surface area (Å²) in [4.78, 5) is 0. The van der Waals surface area contributed by atoms with Crippen LogP contribution in [0.25, 0.3) is 5.57 Å². The zero-order chi connectivity index (χ0) is 27.4. The quantitative estimate of drug-likeness (QED) is 0.223. The summed E-state index contributed by atoms with van der Waals surface area (Å²) in [5, 5.41) is 0.429. The average molecular weight is 526 g/mol. The number of hydrogen-bond acceptors (Lipinski definition) is 2. The van der Waals surface area contributed by atoms with Gasteiger partial charge in [0.05, 0.1) is 6.61 Å². The molecule has 2 rings (SSSR count). The Morgan fingerprint density at radius 1 is 0.889 bits per heavy atom. The van der Waals surface area contributed by atoms with Gasteiger partial charge in [0.25, 0.3) is 0 Å². The van der Waals surface area contributed by atoms with E-state index < -0.39 is 16.6 Å². The maximum absolute atomic E-state index is 6.55. The summed E-state index contributed by atoms with van der Waals surface area (Å²) in [7, 11) is -3.58. The van der Waals surface area contributed by atoms with E-state index in [1.807, 2.05) is 0 Å². The van der Waals surface area contributed by atoms with Crippen LogP contribution >= 0.6 is 0 Å². The molecule has 1 aliphatic rings. The highest BCUT2D eigenvalue weighted by Crippen LogP contribution is 2.38. The Labute approximate surface area is 225 Å².